The molecule has 1 aromatic rings. The molecule has 1 atom stereocenters. The summed E-state index contributed by atoms with van der Waals surface area (Å²) in [6.07, 6.45) is 2.99. The van der Waals surface area contributed by atoms with Crippen LogP contribution in [0, 0.1) is 6.92 Å². The largest absolute Gasteiger partial charge is 0.368 e. The Labute approximate surface area is 88.4 Å². The van der Waals surface area contributed by atoms with Crippen LogP contribution in [0.3, 0.4) is 0 Å². The van der Waals surface area contributed by atoms with Crippen molar-refractivity contribution in [1.82, 2.24) is 9.78 Å². The Morgan fingerprint density at radius 2 is 2.40 bits per heavy atom. The Morgan fingerprint density at radius 3 is 3.07 bits per heavy atom. The molecule has 0 saturated carbocycles. The highest BCUT2D eigenvalue weighted by Crippen LogP contribution is 2.30. The number of carbonyl (C=O) groups excluding carboxylic acids is 1. The van der Waals surface area contributed by atoms with Crippen molar-refractivity contribution in [3.63, 3.8) is 0 Å². The van der Waals surface area contributed by atoms with Crippen molar-refractivity contribution in [2.24, 2.45) is 11.5 Å². The minimum atomic E-state index is -0.362. The van der Waals surface area contributed by atoms with Crippen molar-refractivity contribution in [2.45, 2.75) is 38.8 Å². The zero-order chi connectivity index (χ0) is 11.0. The van der Waals surface area contributed by atoms with Gasteiger partial charge in [-0.25, -0.2) is 0 Å². The highest BCUT2D eigenvalue weighted by Gasteiger charge is 2.24. The van der Waals surface area contributed by atoms with Crippen molar-refractivity contribution < 1.29 is 4.79 Å². The fourth-order valence-corrected chi connectivity index (χ4v) is 2.30. The number of nitrogens with two attached hydrogens (primary N) is 2. The SMILES string of the molecule is Cc1nn(CC(N)=O)c2c1C(N)CCC2. The molecular formula is C10H16N4O. The Morgan fingerprint density at radius 1 is 1.67 bits per heavy atom. The molecule has 1 unspecified atom stereocenters. The van der Waals surface area contributed by atoms with E-state index >= 15 is 0 Å². The molecule has 2 rings (SSSR count). The molecule has 82 valence electrons. The van der Waals surface area contributed by atoms with E-state index in [9.17, 15) is 4.79 Å². The van der Waals surface area contributed by atoms with Crippen LogP contribution in [-0.4, -0.2) is 15.7 Å². The molecule has 1 aromatic heterocycles. The van der Waals surface area contributed by atoms with Crippen LogP contribution in [0.5, 0.6) is 0 Å². The first-order chi connectivity index (χ1) is 7.09. The van der Waals surface area contributed by atoms with Gasteiger partial charge in [0.1, 0.15) is 6.54 Å². The molecule has 4 N–H and O–H groups in total. The maximum atomic E-state index is 10.9. The van der Waals surface area contributed by atoms with Gasteiger partial charge in [-0.3, -0.25) is 9.48 Å². The van der Waals surface area contributed by atoms with E-state index in [1.165, 1.54) is 0 Å². The maximum Gasteiger partial charge on any atom is 0.239 e. The molecule has 0 spiro atoms. The summed E-state index contributed by atoms with van der Waals surface area (Å²) in [5.74, 6) is -0.362. The number of aryl methyl sites for hydroxylation is 1. The number of hydrogen-bond donors (Lipinski definition) is 2. The van der Waals surface area contributed by atoms with Crippen molar-refractivity contribution >= 4 is 5.91 Å². The minimum Gasteiger partial charge on any atom is -0.368 e. The average molecular weight is 208 g/mol. The van der Waals surface area contributed by atoms with Gasteiger partial charge in [0.25, 0.3) is 0 Å². The van der Waals surface area contributed by atoms with Gasteiger partial charge in [-0.1, -0.05) is 0 Å². The summed E-state index contributed by atoms with van der Waals surface area (Å²) < 4.78 is 1.70. The number of primary amides is 1. The predicted octanol–water partition coefficient (Wildman–Crippen LogP) is 0.0129. The number of fused-ring (bicyclic) bond motifs is 1. The maximum absolute atomic E-state index is 10.9. The molecular weight excluding hydrogens is 192 g/mol. The summed E-state index contributed by atoms with van der Waals surface area (Å²) in [5.41, 5.74) is 14.3. The lowest BCUT2D eigenvalue weighted by atomic mass is 9.92. The smallest absolute Gasteiger partial charge is 0.239 e. The van der Waals surface area contributed by atoms with Crippen LogP contribution in [0.4, 0.5) is 0 Å². The highest BCUT2D eigenvalue weighted by atomic mass is 16.1. The average Bonchev–Trinajstić information content (AvgIpc) is 2.44. The number of carbonyl (C=O) groups is 1. The number of nitrogens with zero attached hydrogens (tertiary/aromatic N) is 2. The molecule has 0 aliphatic heterocycles. The molecule has 0 radical (unpaired) electrons. The van der Waals surface area contributed by atoms with Crippen LogP contribution in [0.1, 0.15) is 35.8 Å². The third-order valence-electron chi connectivity index (χ3n) is 2.89. The standard InChI is InChI=1S/C10H16N4O/c1-6-10-7(11)3-2-4-8(10)14(13-6)5-9(12)15/h7H,2-5,11H2,1H3,(H2,12,15). The normalized spacial score (nSPS) is 20.0. The predicted molar refractivity (Wildman–Crippen MR) is 56.0 cm³/mol. The van der Waals surface area contributed by atoms with Gasteiger partial charge in [-0.2, -0.15) is 5.10 Å². The second-order valence-electron chi connectivity index (χ2n) is 4.07. The van der Waals surface area contributed by atoms with Gasteiger partial charge in [0.05, 0.1) is 5.69 Å². The van der Waals surface area contributed by atoms with Crippen LogP contribution in [0.15, 0.2) is 0 Å². The van der Waals surface area contributed by atoms with Crippen LogP contribution >= 0.6 is 0 Å². The quantitative estimate of drug-likeness (QED) is 0.718. The summed E-state index contributed by atoms with van der Waals surface area (Å²) in [7, 11) is 0. The Bertz CT molecular complexity index is 396. The Kier molecular flexibility index (Phi) is 2.48. The van der Waals surface area contributed by atoms with E-state index in [-0.39, 0.29) is 18.5 Å². The van der Waals surface area contributed by atoms with E-state index in [0.29, 0.717) is 0 Å². The van der Waals surface area contributed by atoms with Gasteiger partial charge in [0.2, 0.25) is 5.91 Å². The van der Waals surface area contributed by atoms with Gasteiger partial charge < -0.3 is 11.5 Å². The second-order valence-corrected chi connectivity index (χ2v) is 4.07. The summed E-state index contributed by atoms with van der Waals surface area (Å²) >= 11 is 0. The molecule has 15 heavy (non-hydrogen) atoms. The fraction of sp³-hybridized carbons (Fsp3) is 0.600. The van der Waals surface area contributed by atoms with Crippen LogP contribution in [0.2, 0.25) is 0 Å². The molecule has 0 bridgehead atoms. The molecule has 5 nitrogen and oxygen atoms in total. The highest BCUT2D eigenvalue weighted by molar-refractivity contribution is 5.73. The van der Waals surface area contributed by atoms with Gasteiger partial charge in [0, 0.05) is 17.3 Å². The first-order valence-corrected chi connectivity index (χ1v) is 5.19. The number of aromatic nitrogens is 2. The molecule has 1 amide bonds. The fourth-order valence-electron chi connectivity index (χ4n) is 2.30. The van der Waals surface area contributed by atoms with Gasteiger partial charge in [-0.15, -0.1) is 0 Å². The molecule has 1 aliphatic rings. The first kappa shape index (κ1) is 10.2. The van der Waals surface area contributed by atoms with Crippen LogP contribution in [0.25, 0.3) is 0 Å². The summed E-state index contributed by atoms with van der Waals surface area (Å²) in [6, 6.07) is 0.0652. The van der Waals surface area contributed by atoms with E-state index < -0.39 is 0 Å². The van der Waals surface area contributed by atoms with E-state index in [2.05, 4.69) is 5.10 Å². The Balaban J connectivity index is 2.41. The van der Waals surface area contributed by atoms with Crippen molar-refractivity contribution in [2.75, 3.05) is 0 Å². The third kappa shape index (κ3) is 1.74. The molecule has 1 heterocycles. The van der Waals surface area contributed by atoms with E-state index in [1.54, 1.807) is 4.68 Å². The third-order valence-corrected chi connectivity index (χ3v) is 2.89. The molecule has 1 aliphatic carbocycles. The molecule has 0 saturated heterocycles. The van der Waals surface area contributed by atoms with Gasteiger partial charge in [0.15, 0.2) is 0 Å². The first-order valence-electron chi connectivity index (χ1n) is 5.19. The summed E-state index contributed by atoms with van der Waals surface area (Å²) in [4.78, 5) is 10.9. The lowest BCUT2D eigenvalue weighted by Crippen LogP contribution is -2.23. The lowest BCUT2D eigenvalue weighted by molar-refractivity contribution is -0.118. The summed E-state index contributed by atoms with van der Waals surface area (Å²) in [6.45, 7) is 2.09. The lowest BCUT2D eigenvalue weighted by Gasteiger charge is -2.19. The van der Waals surface area contributed by atoms with Crippen LogP contribution < -0.4 is 11.5 Å². The van der Waals surface area contributed by atoms with Crippen molar-refractivity contribution in [3.8, 4) is 0 Å². The van der Waals surface area contributed by atoms with Gasteiger partial charge >= 0.3 is 0 Å². The minimum absolute atomic E-state index is 0.0652. The van der Waals surface area contributed by atoms with E-state index in [0.717, 1.165) is 36.2 Å². The molecule has 5 heteroatoms. The topological polar surface area (TPSA) is 86.9 Å². The zero-order valence-corrected chi connectivity index (χ0v) is 8.86. The zero-order valence-electron chi connectivity index (χ0n) is 8.86. The Hall–Kier alpha value is -1.36. The molecule has 0 fully saturated rings. The summed E-state index contributed by atoms with van der Waals surface area (Å²) in [5, 5.41) is 4.32. The number of rotatable bonds is 2. The number of amides is 1. The van der Waals surface area contributed by atoms with Crippen molar-refractivity contribution in [3.05, 3.63) is 17.0 Å². The van der Waals surface area contributed by atoms with E-state index in [4.69, 9.17) is 11.5 Å². The van der Waals surface area contributed by atoms with Crippen LogP contribution in [-0.2, 0) is 17.8 Å². The van der Waals surface area contributed by atoms with Crippen molar-refractivity contribution in [1.29, 1.82) is 0 Å². The van der Waals surface area contributed by atoms with Gasteiger partial charge in [-0.05, 0) is 26.2 Å². The molecule has 0 aromatic carbocycles. The number of hydrogen-bond acceptors (Lipinski definition) is 3. The van der Waals surface area contributed by atoms with E-state index in [1.807, 2.05) is 6.92 Å². The monoisotopic (exact) mass is 208 g/mol. The second kappa shape index (κ2) is 3.66.